The number of allylic oxidation sites excluding steroid dienone is 3. The van der Waals surface area contributed by atoms with Crippen molar-refractivity contribution in [2.24, 2.45) is 0 Å². The van der Waals surface area contributed by atoms with Gasteiger partial charge in [-0.2, -0.15) is 0 Å². The lowest BCUT2D eigenvalue weighted by molar-refractivity contribution is -0.870. The van der Waals surface area contributed by atoms with Gasteiger partial charge in [0.1, 0.15) is 13.2 Å². The van der Waals surface area contributed by atoms with E-state index < -0.39 is 20.0 Å². The van der Waals surface area contributed by atoms with Gasteiger partial charge in [-0.1, -0.05) is 276 Å². The number of carbonyl (C=O) groups is 1. The molecule has 0 aromatic rings. The third-order valence-electron chi connectivity index (χ3n) is 13.9. The normalized spacial score (nSPS) is 14.0. The summed E-state index contributed by atoms with van der Waals surface area (Å²) in [6.45, 7) is 4.69. The number of amides is 1. The Morgan fingerprint density at radius 3 is 1.13 bits per heavy atom. The van der Waals surface area contributed by atoms with Crippen LogP contribution in [0, 0.1) is 0 Å². The van der Waals surface area contributed by atoms with E-state index in [1.807, 2.05) is 27.2 Å². The van der Waals surface area contributed by atoms with Crippen LogP contribution in [0.15, 0.2) is 24.3 Å². The molecule has 0 aliphatic heterocycles. The fraction of sp³-hybridized carbons (Fsp3) is 0.917. The van der Waals surface area contributed by atoms with E-state index in [4.69, 9.17) is 9.05 Å². The summed E-state index contributed by atoms with van der Waals surface area (Å²) in [5, 5.41) is 13.9. The summed E-state index contributed by atoms with van der Waals surface area (Å²) in [5.74, 6) is -0.198. The second-order valence-electron chi connectivity index (χ2n) is 22.1. The fourth-order valence-corrected chi connectivity index (χ4v) is 9.87. The van der Waals surface area contributed by atoms with Crippen molar-refractivity contribution >= 4 is 13.7 Å². The van der Waals surface area contributed by atoms with Gasteiger partial charge in [-0.25, -0.2) is 0 Å². The Morgan fingerprint density at radius 2 is 0.797 bits per heavy atom. The zero-order valence-electron chi connectivity index (χ0n) is 46.8. The van der Waals surface area contributed by atoms with Gasteiger partial charge in [0.2, 0.25) is 5.91 Å². The van der Waals surface area contributed by atoms with Crippen LogP contribution in [0.2, 0.25) is 0 Å². The monoisotopic (exact) mass is 995 g/mol. The minimum atomic E-state index is -4.60. The molecule has 0 aromatic carbocycles. The number of phosphoric ester groups is 1. The van der Waals surface area contributed by atoms with E-state index in [0.717, 1.165) is 38.5 Å². The Morgan fingerprint density at radius 1 is 0.493 bits per heavy atom. The number of rotatable bonds is 56. The van der Waals surface area contributed by atoms with E-state index in [9.17, 15) is 19.4 Å². The van der Waals surface area contributed by atoms with E-state index in [0.29, 0.717) is 17.4 Å². The van der Waals surface area contributed by atoms with E-state index >= 15 is 0 Å². The molecule has 0 aliphatic rings. The van der Waals surface area contributed by atoms with Crippen molar-refractivity contribution in [1.82, 2.24) is 5.32 Å². The van der Waals surface area contributed by atoms with Crippen molar-refractivity contribution in [2.45, 2.75) is 315 Å². The number of likely N-dealkylation sites (N-methyl/N-ethyl adjacent to an activating group) is 1. The maximum Gasteiger partial charge on any atom is 0.268 e. The summed E-state index contributed by atoms with van der Waals surface area (Å²) in [4.78, 5) is 25.5. The first-order valence-corrected chi connectivity index (χ1v) is 31.7. The molecule has 9 heteroatoms. The number of hydrogen-bond acceptors (Lipinski definition) is 6. The van der Waals surface area contributed by atoms with Gasteiger partial charge in [-0.15, -0.1) is 0 Å². The third kappa shape index (κ3) is 54.6. The number of quaternary nitrogens is 1. The maximum atomic E-state index is 13.0. The standard InChI is InChI=1S/C60H119N2O6P/c1-6-8-10-12-14-16-18-20-22-24-26-27-28-29-30-31-32-33-34-35-36-37-39-41-43-45-47-49-51-53-59(63)58(57-68-69(65,66)67-56-55-62(3,4)5)61-60(64)54-52-50-48-46-44-42-40-38-25-23-21-19-17-15-13-11-9-7-2/h23,25,51,53,58-59,63H,6-22,24,26-50,52,54-57H2,1-5H3,(H-,61,64,65,66)/b25-23-,53-51+. The molecule has 0 aliphatic carbocycles. The van der Waals surface area contributed by atoms with Crippen LogP contribution in [0.5, 0.6) is 0 Å². The Hall–Kier alpha value is -1.02. The van der Waals surface area contributed by atoms with Gasteiger partial charge < -0.3 is 28.8 Å². The number of aliphatic hydroxyl groups excluding tert-OH is 1. The Balaban J connectivity index is 4.13. The predicted octanol–water partition coefficient (Wildman–Crippen LogP) is 17.7. The molecule has 0 fully saturated rings. The second kappa shape index (κ2) is 51.9. The minimum Gasteiger partial charge on any atom is -0.756 e. The summed E-state index contributed by atoms with van der Waals surface area (Å²) < 4.78 is 23.4. The lowest BCUT2D eigenvalue weighted by Gasteiger charge is -2.29. The first kappa shape index (κ1) is 68.0. The van der Waals surface area contributed by atoms with Crippen LogP contribution in [0.1, 0.15) is 303 Å². The van der Waals surface area contributed by atoms with Crippen molar-refractivity contribution in [3.05, 3.63) is 24.3 Å². The van der Waals surface area contributed by atoms with E-state index in [2.05, 4.69) is 31.3 Å². The number of unbranched alkanes of at least 4 members (excludes halogenated alkanes) is 41. The number of nitrogens with one attached hydrogen (secondary N) is 1. The molecular formula is C60H119N2O6P. The first-order chi connectivity index (χ1) is 33.5. The Labute approximate surface area is 430 Å². The van der Waals surface area contributed by atoms with Crippen molar-refractivity contribution < 1.29 is 32.9 Å². The fourth-order valence-electron chi connectivity index (χ4n) is 9.15. The highest BCUT2D eigenvalue weighted by Crippen LogP contribution is 2.38. The van der Waals surface area contributed by atoms with E-state index in [-0.39, 0.29) is 19.1 Å². The summed E-state index contributed by atoms with van der Waals surface area (Å²) >= 11 is 0. The second-order valence-corrected chi connectivity index (χ2v) is 23.5. The molecule has 0 saturated carbocycles. The molecular weight excluding hydrogens is 876 g/mol. The molecule has 3 unspecified atom stereocenters. The highest BCUT2D eigenvalue weighted by Gasteiger charge is 2.23. The van der Waals surface area contributed by atoms with Gasteiger partial charge in [0, 0.05) is 6.42 Å². The highest BCUT2D eigenvalue weighted by molar-refractivity contribution is 7.45. The molecule has 3 atom stereocenters. The van der Waals surface area contributed by atoms with Gasteiger partial charge in [0.05, 0.1) is 39.9 Å². The zero-order chi connectivity index (χ0) is 50.6. The lowest BCUT2D eigenvalue weighted by Crippen LogP contribution is -2.45. The van der Waals surface area contributed by atoms with Gasteiger partial charge >= 0.3 is 0 Å². The third-order valence-corrected chi connectivity index (χ3v) is 14.9. The number of carbonyl (C=O) groups excluding carboxylic acids is 1. The molecule has 0 rings (SSSR count). The first-order valence-electron chi connectivity index (χ1n) is 30.2. The largest absolute Gasteiger partial charge is 0.756 e. The Kier molecular flexibility index (Phi) is 51.1. The molecule has 0 saturated heterocycles. The van der Waals surface area contributed by atoms with Gasteiger partial charge in [-0.05, 0) is 44.9 Å². The number of aliphatic hydroxyl groups is 1. The molecule has 69 heavy (non-hydrogen) atoms. The molecule has 1 amide bonds. The highest BCUT2D eigenvalue weighted by atomic mass is 31.2. The van der Waals surface area contributed by atoms with Crippen LogP contribution >= 0.6 is 7.82 Å². The summed E-state index contributed by atoms with van der Waals surface area (Å²) in [6.07, 6.45) is 65.5. The molecule has 0 heterocycles. The van der Waals surface area contributed by atoms with Crippen LogP contribution in [0.4, 0.5) is 0 Å². The number of nitrogens with zero attached hydrogens (tertiary/aromatic N) is 1. The van der Waals surface area contributed by atoms with Crippen LogP contribution in [-0.4, -0.2) is 68.5 Å². The molecule has 0 radical (unpaired) electrons. The van der Waals surface area contributed by atoms with Crippen molar-refractivity contribution in [2.75, 3.05) is 40.9 Å². The van der Waals surface area contributed by atoms with Crippen LogP contribution in [-0.2, 0) is 18.4 Å². The van der Waals surface area contributed by atoms with Crippen molar-refractivity contribution in [3.8, 4) is 0 Å². The van der Waals surface area contributed by atoms with Crippen LogP contribution < -0.4 is 10.2 Å². The van der Waals surface area contributed by atoms with Crippen LogP contribution in [0.3, 0.4) is 0 Å². The summed E-state index contributed by atoms with van der Waals surface area (Å²) in [7, 11) is 1.27. The molecule has 8 nitrogen and oxygen atoms in total. The SMILES string of the molecule is CCCCCCCCC/C=C\CCCCCCCCCC(=O)NC(COP(=O)([O-])OCC[N+](C)(C)C)C(O)/C=C/CCCCCCCCCCCCCCCCCCCCCCCCCCCCC. The zero-order valence-corrected chi connectivity index (χ0v) is 47.7. The smallest absolute Gasteiger partial charge is 0.268 e. The molecule has 0 spiro atoms. The minimum absolute atomic E-state index is 0.000182. The molecule has 0 aromatic heterocycles. The average Bonchev–Trinajstić information content (AvgIpc) is 3.31. The molecule has 2 N–H and O–H groups in total. The van der Waals surface area contributed by atoms with Gasteiger partial charge in [-0.3, -0.25) is 9.36 Å². The van der Waals surface area contributed by atoms with E-state index in [1.165, 1.54) is 244 Å². The van der Waals surface area contributed by atoms with Crippen molar-refractivity contribution in [3.63, 3.8) is 0 Å². The van der Waals surface area contributed by atoms with Crippen LogP contribution in [0.25, 0.3) is 0 Å². The maximum absolute atomic E-state index is 13.0. The number of phosphoric acid groups is 1. The molecule has 0 bridgehead atoms. The quantitative estimate of drug-likeness (QED) is 0.0272. The molecule has 410 valence electrons. The predicted molar refractivity (Wildman–Crippen MR) is 298 cm³/mol. The van der Waals surface area contributed by atoms with E-state index in [1.54, 1.807) is 6.08 Å². The lowest BCUT2D eigenvalue weighted by atomic mass is 10.0. The Bertz CT molecular complexity index is 1170. The topological polar surface area (TPSA) is 108 Å². The van der Waals surface area contributed by atoms with Gasteiger partial charge in [0.25, 0.3) is 7.82 Å². The summed E-state index contributed by atoms with van der Waals surface area (Å²) in [5.41, 5.74) is 0. The summed E-state index contributed by atoms with van der Waals surface area (Å²) in [6, 6.07) is -0.888. The number of hydrogen-bond donors (Lipinski definition) is 2. The van der Waals surface area contributed by atoms with Gasteiger partial charge in [0.15, 0.2) is 0 Å². The average molecular weight is 996 g/mol. The van der Waals surface area contributed by atoms with Crippen molar-refractivity contribution in [1.29, 1.82) is 0 Å².